The Bertz CT molecular complexity index is 980. The zero-order chi connectivity index (χ0) is 20.2. The van der Waals surface area contributed by atoms with E-state index >= 15 is 0 Å². The van der Waals surface area contributed by atoms with Gasteiger partial charge in [0.25, 0.3) is 0 Å². The number of halogens is 2. The van der Waals surface area contributed by atoms with Crippen molar-refractivity contribution >= 4 is 34.8 Å². The van der Waals surface area contributed by atoms with E-state index in [9.17, 15) is 4.79 Å². The molecule has 150 valence electrons. The van der Waals surface area contributed by atoms with E-state index in [1.807, 2.05) is 53.4 Å². The van der Waals surface area contributed by atoms with Crippen LogP contribution >= 0.6 is 23.2 Å². The Morgan fingerprint density at radius 3 is 2.45 bits per heavy atom. The minimum atomic E-state index is 0.120. The van der Waals surface area contributed by atoms with Gasteiger partial charge in [0.05, 0.1) is 16.9 Å². The summed E-state index contributed by atoms with van der Waals surface area (Å²) in [5.41, 5.74) is 1.94. The highest BCUT2D eigenvalue weighted by Gasteiger charge is 2.22. The van der Waals surface area contributed by atoms with Crippen LogP contribution in [-0.2, 0) is 11.2 Å². The number of hydrogen-bond donors (Lipinski definition) is 0. The summed E-state index contributed by atoms with van der Waals surface area (Å²) in [5.74, 6) is 1.37. The number of oxazole rings is 1. The number of carbonyl (C=O) groups excluding carboxylic acids is 1. The minimum absolute atomic E-state index is 0.120. The lowest BCUT2D eigenvalue weighted by atomic mass is 10.2. The van der Waals surface area contributed by atoms with E-state index < -0.39 is 0 Å². The molecule has 2 heterocycles. The Balaban J connectivity index is 1.29. The number of benzene rings is 2. The number of rotatable bonds is 5. The van der Waals surface area contributed by atoms with Crippen molar-refractivity contribution in [2.45, 2.75) is 12.8 Å². The maximum absolute atomic E-state index is 12.6. The van der Waals surface area contributed by atoms with E-state index in [1.165, 1.54) is 0 Å². The van der Waals surface area contributed by atoms with Crippen LogP contribution in [0.2, 0.25) is 10.0 Å². The van der Waals surface area contributed by atoms with Crippen molar-refractivity contribution in [3.05, 3.63) is 70.7 Å². The van der Waals surface area contributed by atoms with Crippen LogP contribution in [0.5, 0.6) is 0 Å². The van der Waals surface area contributed by atoms with Crippen molar-refractivity contribution in [2.24, 2.45) is 0 Å². The van der Waals surface area contributed by atoms with Crippen LogP contribution in [0.3, 0.4) is 0 Å². The lowest BCUT2D eigenvalue weighted by molar-refractivity contribution is -0.131. The minimum Gasteiger partial charge on any atom is -0.441 e. The third kappa shape index (κ3) is 4.74. The van der Waals surface area contributed by atoms with Crippen molar-refractivity contribution in [1.29, 1.82) is 0 Å². The van der Waals surface area contributed by atoms with Gasteiger partial charge in [0, 0.05) is 49.6 Å². The first-order chi connectivity index (χ1) is 14.1. The molecule has 1 aliphatic heterocycles. The van der Waals surface area contributed by atoms with Gasteiger partial charge in [-0.2, -0.15) is 0 Å². The molecule has 2 aromatic carbocycles. The molecule has 7 heteroatoms. The lowest BCUT2D eigenvalue weighted by Gasteiger charge is -2.36. The largest absolute Gasteiger partial charge is 0.441 e. The first kappa shape index (κ1) is 19.8. The van der Waals surface area contributed by atoms with Crippen molar-refractivity contribution in [2.75, 3.05) is 31.1 Å². The SMILES string of the molecule is O=C(CCc1ncc(-c2ccc(Cl)cc2)o1)N1CCN(c2ccccc2Cl)CC1. The molecule has 0 spiro atoms. The molecule has 1 aromatic heterocycles. The van der Waals surface area contributed by atoms with Gasteiger partial charge >= 0.3 is 0 Å². The fourth-order valence-electron chi connectivity index (χ4n) is 3.45. The first-order valence-corrected chi connectivity index (χ1v) is 10.3. The number of para-hydroxylation sites is 1. The number of piperazine rings is 1. The van der Waals surface area contributed by atoms with Crippen molar-refractivity contribution < 1.29 is 9.21 Å². The summed E-state index contributed by atoms with van der Waals surface area (Å²) >= 11 is 12.2. The predicted molar refractivity (Wildman–Crippen MR) is 116 cm³/mol. The van der Waals surface area contributed by atoms with E-state index in [1.54, 1.807) is 6.20 Å². The normalized spacial score (nSPS) is 14.3. The van der Waals surface area contributed by atoms with Gasteiger partial charge in [-0.05, 0) is 36.4 Å². The molecule has 1 fully saturated rings. The molecule has 3 aromatic rings. The van der Waals surface area contributed by atoms with Gasteiger partial charge in [-0.25, -0.2) is 4.98 Å². The van der Waals surface area contributed by atoms with Crippen molar-refractivity contribution in [3.8, 4) is 11.3 Å². The number of carbonyl (C=O) groups is 1. The lowest BCUT2D eigenvalue weighted by Crippen LogP contribution is -2.48. The van der Waals surface area contributed by atoms with Gasteiger partial charge in [0.2, 0.25) is 5.91 Å². The van der Waals surface area contributed by atoms with Crippen LogP contribution in [0.15, 0.2) is 59.1 Å². The number of aryl methyl sites for hydroxylation is 1. The zero-order valence-electron chi connectivity index (χ0n) is 15.9. The molecule has 0 N–H and O–H groups in total. The van der Waals surface area contributed by atoms with E-state index in [4.69, 9.17) is 27.6 Å². The fourth-order valence-corrected chi connectivity index (χ4v) is 3.83. The summed E-state index contributed by atoms with van der Waals surface area (Å²) in [5, 5.41) is 1.42. The van der Waals surface area contributed by atoms with Crippen LogP contribution in [0.4, 0.5) is 5.69 Å². The predicted octanol–water partition coefficient (Wildman–Crippen LogP) is 4.93. The van der Waals surface area contributed by atoms with E-state index in [0.29, 0.717) is 42.6 Å². The molecule has 0 radical (unpaired) electrons. The van der Waals surface area contributed by atoms with Gasteiger partial charge in [0.1, 0.15) is 0 Å². The second kappa shape index (κ2) is 8.89. The summed E-state index contributed by atoms with van der Waals surface area (Å²) in [6, 6.07) is 15.2. The number of hydrogen-bond acceptors (Lipinski definition) is 4. The molecule has 1 aliphatic rings. The summed E-state index contributed by atoms with van der Waals surface area (Å²) in [4.78, 5) is 21.0. The molecule has 4 rings (SSSR count). The monoisotopic (exact) mass is 429 g/mol. The molecule has 0 atom stereocenters. The number of amides is 1. The molecule has 0 unspecified atom stereocenters. The average Bonchev–Trinajstić information content (AvgIpc) is 3.22. The number of anilines is 1. The van der Waals surface area contributed by atoms with Crippen molar-refractivity contribution in [1.82, 2.24) is 9.88 Å². The molecular formula is C22H21Cl2N3O2. The van der Waals surface area contributed by atoms with Gasteiger partial charge in [-0.3, -0.25) is 4.79 Å². The summed E-state index contributed by atoms with van der Waals surface area (Å²) in [6.45, 7) is 2.92. The summed E-state index contributed by atoms with van der Waals surface area (Å²) in [7, 11) is 0. The van der Waals surface area contributed by atoms with Gasteiger partial charge in [0.15, 0.2) is 11.7 Å². The topological polar surface area (TPSA) is 49.6 Å². The summed E-state index contributed by atoms with van der Waals surface area (Å²) < 4.78 is 5.79. The molecule has 0 aliphatic carbocycles. The fraction of sp³-hybridized carbons (Fsp3) is 0.273. The molecular weight excluding hydrogens is 409 g/mol. The average molecular weight is 430 g/mol. The second-order valence-corrected chi connectivity index (χ2v) is 7.79. The molecule has 5 nitrogen and oxygen atoms in total. The number of nitrogens with zero attached hydrogens (tertiary/aromatic N) is 3. The van der Waals surface area contributed by atoms with E-state index in [-0.39, 0.29) is 5.91 Å². The maximum atomic E-state index is 12.6. The van der Waals surface area contributed by atoms with Crippen LogP contribution in [0.25, 0.3) is 11.3 Å². The maximum Gasteiger partial charge on any atom is 0.223 e. The van der Waals surface area contributed by atoms with E-state index in [2.05, 4.69) is 9.88 Å². The molecule has 1 amide bonds. The Kier molecular flexibility index (Phi) is 6.07. The second-order valence-electron chi connectivity index (χ2n) is 6.94. The van der Waals surface area contributed by atoms with E-state index in [0.717, 1.165) is 29.4 Å². The van der Waals surface area contributed by atoms with Crippen LogP contribution < -0.4 is 4.90 Å². The van der Waals surface area contributed by atoms with Crippen LogP contribution in [0.1, 0.15) is 12.3 Å². The van der Waals surface area contributed by atoms with Crippen LogP contribution in [-0.4, -0.2) is 42.0 Å². The smallest absolute Gasteiger partial charge is 0.223 e. The third-order valence-corrected chi connectivity index (χ3v) is 5.63. The van der Waals surface area contributed by atoms with Gasteiger partial charge < -0.3 is 14.2 Å². The van der Waals surface area contributed by atoms with Gasteiger partial charge in [-0.15, -0.1) is 0 Å². The zero-order valence-corrected chi connectivity index (χ0v) is 17.4. The number of aromatic nitrogens is 1. The molecule has 1 saturated heterocycles. The summed E-state index contributed by atoms with van der Waals surface area (Å²) in [6.07, 6.45) is 2.55. The Morgan fingerprint density at radius 1 is 1.00 bits per heavy atom. The molecule has 29 heavy (non-hydrogen) atoms. The first-order valence-electron chi connectivity index (χ1n) is 9.58. The third-order valence-electron chi connectivity index (χ3n) is 5.06. The highest BCUT2D eigenvalue weighted by Crippen LogP contribution is 2.26. The highest BCUT2D eigenvalue weighted by molar-refractivity contribution is 6.33. The van der Waals surface area contributed by atoms with Gasteiger partial charge in [-0.1, -0.05) is 35.3 Å². The quantitative estimate of drug-likeness (QED) is 0.576. The van der Waals surface area contributed by atoms with Crippen molar-refractivity contribution in [3.63, 3.8) is 0 Å². The Hall–Kier alpha value is -2.50. The Morgan fingerprint density at radius 2 is 1.72 bits per heavy atom. The van der Waals surface area contributed by atoms with Crippen LogP contribution in [0, 0.1) is 0 Å². The molecule has 0 saturated carbocycles. The standard InChI is InChI=1S/C22H21Cl2N3O2/c23-17-7-5-16(6-8-17)20-15-25-21(29-20)9-10-22(28)27-13-11-26(12-14-27)19-4-2-1-3-18(19)24/h1-8,15H,9-14H2. The molecule has 0 bridgehead atoms. The highest BCUT2D eigenvalue weighted by atomic mass is 35.5. The Labute approximate surface area is 179 Å².